The molecule has 4 heteroatoms. The predicted octanol–water partition coefficient (Wildman–Crippen LogP) is 2.71. The molecule has 0 radical (unpaired) electrons. The van der Waals surface area contributed by atoms with Crippen LogP contribution in [0.15, 0.2) is 30.3 Å². The molecule has 1 aliphatic rings. The van der Waals surface area contributed by atoms with Crippen LogP contribution < -0.4 is 5.32 Å². The van der Waals surface area contributed by atoms with Crippen molar-refractivity contribution in [3.8, 4) is 0 Å². The molecule has 16 heavy (non-hydrogen) atoms. The highest BCUT2D eigenvalue weighted by Gasteiger charge is 2.53. The van der Waals surface area contributed by atoms with Gasteiger partial charge >= 0.3 is 0 Å². The second-order valence-corrected chi connectivity index (χ2v) is 5.06. The Morgan fingerprint density at radius 3 is 2.31 bits per heavy atom. The number of hydrogen-bond donors (Lipinski definition) is 1. The SMILES string of the molecule is C[C@H](NC(=O)C1C(Cl)C1Cl)c1ccccc1. The molecule has 2 unspecified atom stereocenters. The Kier molecular flexibility index (Phi) is 3.41. The summed E-state index contributed by atoms with van der Waals surface area (Å²) < 4.78 is 0. The Hall–Kier alpha value is -0.730. The molecule has 86 valence electrons. The molecule has 1 aromatic carbocycles. The average Bonchev–Trinajstić information content (AvgIpc) is 2.88. The fourth-order valence-corrected chi connectivity index (χ4v) is 2.43. The summed E-state index contributed by atoms with van der Waals surface area (Å²) in [5.41, 5.74) is 1.08. The lowest BCUT2D eigenvalue weighted by Gasteiger charge is -2.13. The summed E-state index contributed by atoms with van der Waals surface area (Å²) in [5, 5.41) is 2.48. The molecule has 0 spiro atoms. The molecule has 2 rings (SSSR count). The summed E-state index contributed by atoms with van der Waals surface area (Å²) in [6, 6.07) is 9.79. The number of benzene rings is 1. The number of carbonyl (C=O) groups excluding carboxylic acids is 1. The second-order valence-electron chi connectivity index (χ2n) is 4.06. The van der Waals surface area contributed by atoms with E-state index in [0.29, 0.717) is 0 Å². The summed E-state index contributed by atoms with van der Waals surface area (Å²) in [4.78, 5) is 11.7. The third-order valence-corrected chi connectivity index (χ3v) is 4.03. The first-order valence-electron chi connectivity index (χ1n) is 5.24. The highest BCUT2D eigenvalue weighted by atomic mass is 35.5. The van der Waals surface area contributed by atoms with Gasteiger partial charge in [0.1, 0.15) is 0 Å². The molecular formula is C12H13Cl2NO. The minimum atomic E-state index is -0.241. The van der Waals surface area contributed by atoms with Gasteiger partial charge in [-0.1, -0.05) is 30.3 Å². The van der Waals surface area contributed by atoms with E-state index in [-0.39, 0.29) is 28.6 Å². The maximum Gasteiger partial charge on any atom is 0.226 e. The standard InChI is InChI=1S/C12H13Cl2NO/c1-7(8-5-3-2-4-6-8)15-12(16)9-10(13)11(9)14/h2-7,9-11H,1H3,(H,15,16)/t7-,9?,10?,11?/m0/s1. The quantitative estimate of drug-likeness (QED) is 0.830. The van der Waals surface area contributed by atoms with Gasteiger partial charge in [-0.3, -0.25) is 4.79 Å². The Bertz CT molecular complexity index is 374. The van der Waals surface area contributed by atoms with Gasteiger partial charge in [0.25, 0.3) is 0 Å². The van der Waals surface area contributed by atoms with Crippen LogP contribution in [0, 0.1) is 5.92 Å². The third kappa shape index (κ3) is 2.33. The number of hydrogen-bond acceptors (Lipinski definition) is 1. The van der Waals surface area contributed by atoms with Crippen molar-refractivity contribution in [1.29, 1.82) is 0 Å². The second kappa shape index (κ2) is 4.64. The van der Waals surface area contributed by atoms with Crippen LogP contribution in [0.2, 0.25) is 0 Å². The number of amides is 1. The van der Waals surface area contributed by atoms with E-state index in [1.807, 2.05) is 37.3 Å². The summed E-state index contributed by atoms with van der Waals surface area (Å²) in [5.74, 6) is -0.300. The molecule has 0 aromatic heterocycles. The van der Waals surface area contributed by atoms with Crippen molar-refractivity contribution in [2.75, 3.05) is 0 Å². The minimum Gasteiger partial charge on any atom is -0.349 e. The predicted molar refractivity (Wildman–Crippen MR) is 65.8 cm³/mol. The Morgan fingerprint density at radius 2 is 1.81 bits per heavy atom. The van der Waals surface area contributed by atoms with Crippen molar-refractivity contribution in [1.82, 2.24) is 5.32 Å². The number of rotatable bonds is 3. The lowest BCUT2D eigenvalue weighted by molar-refractivity contribution is -0.122. The molecule has 0 aliphatic heterocycles. The van der Waals surface area contributed by atoms with E-state index in [0.717, 1.165) is 5.56 Å². The van der Waals surface area contributed by atoms with E-state index in [1.165, 1.54) is 0 Å². The minimum absolute atomic E-state index is 0.0120. The fourth-order valence-electron chi connectivity index (χ4n) is 1.66. The van der Waals surface area contributed by atoms with Crippen LogP contribution in [-0.4, -0.2) is 16.7 Å². The molecule has 0 saturated heterocycles. The molecule has 1 saturated carbocycles. The first kappa shape index (κ1) is 11.7. The van der Waals surface area contributed by atoms with Crippen molar-refractivity contribution in [3.63, 3.8) is 0 Å². The van der Waals surface area contributed by atoms with Gasteiger partial charge in [-0.25, -0.2) is 0 Å². The number of carbonyl (C=O) groups is 1. The van der Waals surface area contributed by atoms with Crippen molar-refractivity contribution < 1.29 is 4.79 Å². The van der Waals surface area contributed by atoms with E-state index in [1.54, 1.807) is 0 Å². The smallest absolute Gasteiger partial charge is 0.226 e. The summed E-state index contributed by atoms with van der Waals surface area (Å²) in [6.45, 7) is 1.95. The van der Waals surface area contributed by atoms with Crippen LogP contribution in [-0.2, 0) is 4.79 Å². The molecule has 1 N–H and O–H groups in total. The summed E-state index contributed by atoms with van der Waals surface area (Å²) in [7, 11) is 0. The average molecular weight is 258 g/mol. The maximum absolute atomic E-state index is 11.7. The molecule has 0 bridgehead atoms. The highest BCUT2D eigenvalue weighted by molar-refractivity contribution is 6.37. The van der Waals surface area contributed by atoms with Gasteiger partial charge in [0.2, 0.25) is 5.91 Å². The lowest BCUT2D eigenvalue weighted by Crippen LogP contribution is -2.29. The molecule has 1 aromatic rings. The zero-order valence-electron chi connectivity index (χ0n) is 8.86. The summed E-state index contributed by atoms with van der Waals surface area (Å²) in [6.07, 6.45) is 0. The summed E-state index contributed by atoms with van der Waals surface area (Å²) >= 11 is 11.7. The number of alkyl halides is 2. The Balaban J connectivity index is 1.93. The van der Waals surface area contributed by atoms with Gasteiger partial charge in [-0.05, 0) is 12.5 Å². The van der Waals surface area contributed by atoms with Crippen LogP contribution >= 0.6 is 23.2 Å². The molecule has 1 aliphatic carbocycles. The number of nitrogens with one attached hydrogen (secondary N) is 1. The zero-order valence-corrected chi connectivity index (χ0v) is 10.4. The van der Waals surface area contributed by atoms with Crippen molar-refractivity contribution in [2.45, 2.75) is 23.7 Å². The Labute approximate surface area is 105 Å². The molecule has 1 fully saturated rings. The largest absolute Gasteiger partial charge is 0.349 e. The molecule has 1 amide bonds. The topological polar surface area (TPSA) is 29.1 Å². The van der Waals surface area contributed by atoms with Gasteiger partial charge in [0.15, 0.2) is 0 Å². The van der Waals surface area contributed by atoms with Crippen molar-refractivity contribution in [2.24, 2.45) is 5.92 Å². The molecule has 0 heterocycles. The lowest BCUT2D eigenvalue weighted by atomic mass is 10.1. The van der Waals surface area contributed by atoms with Gasteiger partial charge in [0, 0.05) is 0 Å². The van der Waals surface area contributed by atoms with Crippen molar-refractivity contribution >= 4 is 29.1 Å². The van der Waals surface area contributed by atoms with Gasteiger partial charge in [-0.15, -0.1) is 23.2 Å². The molecular weight excluding hydrogens is 245 g/mol. The normalized spacial score (nSPS) is 29.6. The highest BCUT2D eigenvalue weighted by Crippen LogP contribution is 2.42. The van der Waals surface area contributed by atoms with Crippen LogP contribution in [0.5, 0.6) is 0 Å². The van der Waals surface area contributed by atoms with Gasteiger partial charge < -0.3 is 5.32 Å². The van der Waals surface area contributed by atoms with Crippen LogP contribution in [0.25, 0.3) is 0 Å². The van der Waals surface area contributed by atoms with E-state index in [4.69, 9.17) is 23.2 Å². The van der Waals surface area contributed by atoms with Crippen LogP contribution in [0.4, 0.5) is 0 Å². The van der Waals surface area contributed by atoms with Gasteiger partial charge in [-0.2, -0.15) is 0 Å². The van der Waals surface area contributed by atoms with E-state index in [9.17, 15) is 4.79 Å². The Morgan fingerprint density at radius 1 is 1.25 bits per heavy atom. The van der Waals surface area contributed by atoms with Crippen molar-refractivity contribution in [3.05, 3.63) is 35.9 Å². The molecule has 3 atom stereocenters. The van der Waals surface area contributed by atoms with E-state index in [2.05, 4.69) is 5.32 Å². The van der Waals surface area contributed by atoms with E-state index < -0.39 is 0 Å². The van der Waals surface area contributed by atoms with Gasteiger partial charge in [0.05, 0.1) is 22.7 Å². The third-order valence-electron chi connectivity index (χ3n) is 2.81. The van der Waals surface area contributed by atoms with Crippen LogP contribution in [0.3, 0.4) is 0 Å². The first-order chi connectivity index (χ1) is 7.61. The number of halogens is 2. The fraction of sp³-hybridized carbons (Fsp3) is 0.417. The first-order valence-corrected chi connectivity index (χ1v) is 6.12. The van der Waals surface area contributed by atoms with Crippen LogP contribution in [0.1, 0.15) is 18.5 Å². The maximum atomic E-state index is 11.7. The monoisotopic (exact) mass is 257 g/mol. The zero-order chi connectivity index (χ0) is 11.7. The molecule has 2 nitrogen and oxygen atoms in total. The van der Waals surface area contributed by atoms with E-state index >= 15 is 0 Å².